The van der Waals surface area contributed by atoms with Gasteiger partial charge in [-0.2, -0.15) is 10.5 Å². The maximum Gasteiger partial charge on any atom is 0.225 e. The molecule has 6 heterocycles. The highest BCUT2D eigenvalue weighted by Gasteiger charge is 2.28. The number of anilines is 1. The van der Waals surface area contributed by atoms with E-state index in [1.807, 2.05) is 84.9 Å². The summed E-state index contributed by atoms with van der Waals surface area (Å²) in [6.45, 7) is 3.38. The smallest absolute Gasteiger partial charge is 0.225 e. The number of nitriles is 2. The van der Waals surface area contributed by atoms with E-state index in [4.69, 9.17) is 18.2 Å². The number of hydrogen-bond donors (Lipinski definition) is 1. The Morgan fingerprint density at radius 3 is 1.57 bits per heavy atom. The number of pyridine rings is 2. The van der Waals surface area contributed by atoms with Crippen LogP contribution in [0.15, 0.2) is 134 Å². The number of Topliss-reactive ketones (excluding diaryl/α,β-unsaturated/α-hetero) is 2. The number of nitrogens with zero attached hydrogens (tertiary/aromatic N) is 9. The lowest BCUT2D eigenvalue weighted by Crippen LogP contribution is -2.37. The van der Waals surface area contributed by atoms with Gasteiger partial charge in [0.1, 0.15) is 11.8 Å². The zero-order valence-corrected chi connectivity index (χ0v) is 34.2. The minimum atomic E-state index is -1.00. The van der Waals surface area contributed by atoms with Crippen LogP contribution < -0.4 is 10.2 Å². The lowest BCUT2D eigenvalue weighted by Gasteiger charge is -2.31. The van der Waals surface area contributed by atoms with Crippen molar-refractivity contribution in [3.8, 4) is 12.1 Å². The summed E-state index contributed by atoms with van der Waals surface area (Å²) in [5.41, 5.74) is 4.15. The standard InChI is InChI=1S/C23H21N5O.C12H15NO.C11H7ClN4.CH3F/c24-16-19(20-8-4-5-12-25-20)21-9-13-26-23(27-21)28-14-10-18(11-15-28)22(29)17-6-2-1-3-7-17;14-12(10-4-2-1-3-5-10)11-6-8-13-9-7-11;12-11-15-6-4-10(16-11)8(7-13)9-3-1-2-5-14-9;1-2/h1-9,12-13,18-19H,10-11,14-15H2;1-5,11,13H,6-9H2;1-6,8H;1H3/i;;;1D. The average molecular weight is 838 g/mol. The fourth-order valence-electron chi connectivity index (χ4n) is 6.95. The Kier molecular flexibility index (Phi) is 17.5. The molecule has 0 spiro atoms. The quantitative estimate of drug-likeness (QED) is 0.109. The summed E-state index contributed by atoms with van der Waals surface area (Å²) in [6.07, 6.45) is 10.0. The molecule has 1 N–H and O–H groups in total. The maximum absolute atomic E-state index is 12.7. The van der Waals surface area contributed by atoms with Crippen LogP contribution in [-0.4, -0.2) is 74.8 Å². The van der Waals surface area contributed by atoms with Gasteiger partial charge in [0.25, 0.3) is 0 Å². The number of alkyl halides is 1. The van der Waals surface area contributed by atoms with Gasteiger partial charge < -0.3 is 10.2 Å². The first-order chi connectivity index (χ1) is 30.4. The molecule has 4 aromatic heterocycles. The number of benzene rings is 2. The first-order valence-electron chi connectivity index (χ1n) is 20.5. The minimum absolute atomic E-state index is 0.0252. The first-order valence-corrected chi connectivity index (χ1v) is 20.2. The Hall–Kier alpha value is -6.80. The van der Waals surface area contributed by atoms with Crippen LogP contribution in [-0.2, 0) is 0 Å². The van der Waals surface area contributed by atoms with Crippen molar-refractivity contribution in [2.24, 2.45) is 11.8 Å². The van der Waals surface area contributed by atoms with Crippen LogP contribution in [0.3, 0.4) is 0 Å². The number of piperidine rings is 2. The molecular formula is C47H46ClFN10O2. The van der Waals surface area contributed by atoms with Crippen molar-refractivity contribution in [2.45, 2.75) is 37.5 Å². The Balaban J connectivity index is 0.000000185. The van der Waals surface area contributed by atoms with E-state index in [2.05, 4.69) is 52.3 Å². The molecule has 2 aliphatic rings. The Labute approximate surface area is 362 Å². The van der Waals surface area contributed by atoms with Gasteiger partial charge in [0.15, 0.2) is 11.6 Å². The predicted molar refractivity (Wildman–Crippen MR) is 232 cm³/mol. The summed E-state index contributed by atoms with van der Waals surface area (Å²) in [5.74, 6) is 0.337. The third-order valence-electron chi connectivity index (χ3n) is 10.1. The molecule has 0 amide bonds. The molecule has 0 bridgehead atoms. The van der Waals surface area contributed by atoms with E-state index in [9.17, 15) is 19.2 Å². The monoisotopic (exact) mass is 837 g/mol. The molecule has 8 rings (SSSR count). The van der Waals surface area contributed by atoms with Crippen LogP contribution in [0.2, 0.25) is 5.28 Å². The zero-order valence-electron chi connectivity index (χ0n) is 34.5. The van der Waals surface area contributed by atoms with E-state index < -0.39 is 19.0 Å². The van der Waals surface area contributed by atoms with Crippen LogP contribution in [0, 0.1) is 34.5 Å². The lowest BCUT2D eigenvalue weighted by atomic mass is 9.89. The molecule has 310 valence electrons. The van der Waals surface area contributed by atoms with Crippen LogP contribution >= 0.6 is 11.6 Å². The second-order valence-electron chi connectivity index (χ2n) is 13.9. The van der Waals surface area contributed by atoms with Crippen LogP contribution in [0.25, 0.3) is 0 Å². The molecule has 2 atom stereocenters. The summed E-state index contributed by atoms with van der Waals surface area (Å²) in [6, 6.07) is 37.9. The van der Waals surface area contributed by atoms with Crippen LogP contribution in [0.1, 0.15) is 82.4 Å². The number of hydrogen-bond acceptors (Lipinski definition) is 12. The summed E-state index contributed by atoms with van der Waals surface area (Å²) in [4.78, 5) is 52.0. The van der Waals surface area contributed by atoms with E-state index >= 15 is 0 Å². The number of nitrogens with one attached hydrogen (secondary N) is 1. The molecule has 2 saturated heterocycles. The molecule has 0 radical (unpaired) electrons. The van der Waals surface area contributed by atoms with Gasteiger partial charge in [0.05, 0.1) is 43.4 Å². The summed E-state index contributed by atoms with van der Waals surface area (Å²) in [7, 11) is -1.00. The van der Waals surface area contributed by atoms with Gasteiger partial charge in [-0.1, -0.05) is 72.8 Å². The molecule has 0 saturated carbocycles. The van der Waals surface area contributed by atoms with Gasteiger partial charge in [-0.25, -0.2) is 19.9 Å². The lowest BCUT2D eigenvalue weighted by molar-refractivity contribution is 0.0890. The number of rotatable bonds is 9. The average Bonchev–Trinajstić information content (AvgIpc) is 3.34. The van der Waals surface area contributed by atoms with Crippen molar-refractivity contribution in [3.05, 3.63) is 173 Å². The van der Waals surface area contributed by atoms with Crippen molar-refractivity contribution in [3.63, 3.8) is 0 Å². The normalized spacial score (nSPS) is 14.9. The summed E-state index contributed by atoms with van der Waals surface area (Å²) in [5, 5.41) is 22.2. The van der Waals surface area contributed by atoms with E-state index in [-0.39, 0.29) is 22.9 Å². The molecule has 6 aromatic rings. The first kappa shape index (κ1) is 43.8. The Morgan fingerprint density at radius 1 is 0.656 bits per heavy atom. The number of carbonyl (C=O) groups is 2. The molecule has 2 fully saturated rings. The number of carbonyl (C=O) groups excluding carboxylic acids is 2. The zero-order chi connectivity index (χ0) is 43.9. The van der Waals surface area contributed by atoms with Crippen molar-refractivity contribution in [1.82, 2.24) is 35.2 Å². The van der Waals surface area contributed by atoms with Gasteiger partial charge in [-0.05, 0) is 86.8 Å². The minimum Gasteiger partial charge on any atom is -0.341 e. The molecular weight excluding hydrogens is 791 g/mol. The Morgan fingerprint density at radius 2 is 1.11 bits per heavy atom. The second-order valence-corrected chi connectivity index (χ2v) is 14.2. The SMILES string of the molecule is N#CC(c1ccccn1)c1ccnc(Cl)n1.N#CC(c1ccccn1)c1ccnc(N2CCC(C(=O)c3ccccc3)CC2)n1.O=C(c1ccccc1)C1CCNCC1.[2H]CF. The Bertz CT molecular complexity index is 2360. The number of ketones is 2. The fraction of sp³-hybridized carbons (Fsp3) is 0.277. The highest BCUT2D eigenvalue weighted by molar-refractivity contribution is 6.28. The van der Waals surface area contributed by atoms with Crippen molar-refractivity contribution >= 4 is 29.1 Å². The molecule has 2 aliphatic heterocycles. The van der Waals surface area contributed by atoms with E-state index in [0.29, 0.717) is 47.6 Å². The van der Waals surface area contributed by atoms with E-state index in [1.54, 1.807) is 42.9 Å². The largest absolute Gasteiger partial charge is 0.341 e. The van der Waals surface area contributed by atoms with Crippen LogP contribution in [0.4, 0.5) is 10.3 Å². The summed E-state index contributed by atoms with van der Waals surface area (Å²) < 4.78 is 15.5. The van der Waals surface area contributed by atoms with Crippen molar-refractivity contribution in [1.29, 1.82) is 10.5 Å². The number of halogens is 2. The highest BCUT2D eigenvalue weighted by Crippen LogP contribution is 2.27. The molecule has 2 aromatic carbocycles. The number of aromatic nitrogens is 6. The third-order valence-corrected chi connectivity index (χ3v) is 10.3. The topological polar surface area (TPSA) is 174 Å². The van der Waals surface area contributed by atoms with Gasteiger partial charge in [0, 0.05) is 60.8 Å². The maximum atomic E-state index is 12.7. The fourth-order valence-corrected chi connectivity index (χ4v) is 7.10. The van der Waals surface area contributed by atoms with Crippen molar-refractivity contribution < 1.29 is 15.4 Å². The molecule has 14 heteroatoms. The molecule has 2 unspecified atom stereocenters. The molecule has 0 aliphatic carbocycles. The predicted octanol–water partition coefficient (Wildman–Crippen LogP) is 8.26. The molecule has 12 nitrogen and oxygen atoms in total. The van der Waals surface area contributed by atoms with E-state index in [1.165, 1.54) is 6.20 Å². The second kappa shape index (κ2) is 24.3. The van der Waals surface area contributed by atoms with E-state index in [0.717, 1.165) is 49.9 Å². The van der Waals surface area contributed by atoms with Crippen LogP contribution in [0.5, 0.6) is 0 Å². The molecule has 61 heavy (non-hydrogen) atoms. The van der Waals surface area contributed by atoms with Gasteiger partial charge in [-0.15, -0.1) is 0 Å². The van der Waals surface area contributed by atoms with Crippen molar-refractivity contribution in [2.75, 3.05) is 38.2 Å². The third kappa shape index (κ3) is 13.1. The highest BCUT2D eigenvalue weighted by atomic mass is 35.5. The summed E-state index contributed by atoms with van der Waals surface area (Å²) >= 11 is 5.68. The van der Waals surface area contributed by atoms with Gasteiger partial charge >= 0.3 is 0 Å². The van der Waals surface area contributed by atoms with Gasteiger partial charge in [0.2, 0.25) is 11.2 Å². The van der Waals surface area contributed by atoms with Gasteiger partial charge in [-0.3, -0.25) is 23.9 Å².